The lowest BCUT2D eigenvalue weighted by Gasteiger charge is -2.65. The number of methoxy groups -OCH3 is 3. The molecule has 5 N–H and O–H groups in total. The van der Waals surface area contributed by atoms with Crippen molar-refractivity contribution in [2.75, 3.05) is 27.9 Å². The van der Waals surface area contributed by atoms with Crippen molar-refractivity contribution >= 4 is 30.1 Å². The molecular weight excluding hydrogens is 730 g/mol. The third-order valence-corrected chi connectivity index (χ3v) is 14.2. The van der Waals surface area contributed by atoms with Crippen molar-refractivity contribution in [2.45, 2.75) is 95.4 Å². The average Bonchev–Trinajstić information content (AvgIpc) is 3.75. The molecule has 7 rings (SSSR count). The molecule has 2 aromatic carbocycles. The van der Waals surface area contributed by atoms with Gasteiger partial charge in [-0.15, -0.1) is 0 Å². The second-order valence-electron chi connectivity index (χ2n) is 16.7. The Balaban J connectivity index is 1.19. The molecule has 1 heterocycles. The van der Waals surface area contributed by atoms with E-state index < -0.39 is 40.0 Å². The number of esters is 1. The van der Waals surface area contributed by atoms with Crippen LogP contribution >= 0.6 is 0 Å². The van der Waals surface area contributed by atoms with Gasteiger partial charge in [0.15, 0.2) is 11.5 Å². The summed E-state index contributed by atoms with van der Waals surface area (Å²) in [4.78, 5) is 39.9. The van der Waals surface area contributed by atoms with Crippen LogP contribution in [0.2, 0.25) is 0 Å². The monoisotopic (exact) mass is 785 g/mol. The van der Waals surface area contributed by atoms with Crippen LogP contribution in [0.1, 0.15) is 93.1 Å². The van der Waals surface area contributed by atoms with Gasteiger partial charge >= 0.3 is 5.97 Å². The lowest BCUT2D eigenvalue weighted by molar-refractivity contribution is -0.237. The number of hydrogen-bond acceptors (Lipinski definition) is 11. The molecule has 4 aliphatic carbocycles. The minimum atomic E-state index is -1.32. The van der Waals surface area contributed by atoms with Crippen LogP contribution in [0.15, 0.2) is 58.8 Å². The zero-order valence-electron chi connectivity index (χ0n) is 33.4. The zero-order chi connectivity index (χ0) is 40.8. The van der Waals surface area contributed by atoms with Crippen LogP contribution in [0, 0.1) is 28.6 Å². The Morgan fingerprint density at radius 1 is 0.947 bits per heavy atom. The van der Waals surface area contributed by atoms with E-state index in [1.165, 1.54) is 33.5 Å². The van der Waals surface area contributed by atoms with E-state index in [1.807, 2.05) is 31.2 Å². The van der Waals surface area contributed by atoms with Gasteiger partial charge in [0, 0.05) is 35.1 Å². The number of hydrogen-bond donors (Lipinski definition) is 5. The van der Waals surface area contributed by atoms with E-state index in [1.54, 1.807) is 18.4 Å². The van der Waals surface area contributed by atoms with Crippen molar-refractivity contribution in [2.24, 2.45) is 33.7 Å². The quantitative estimate of drug-likeness (QED) is 0.0913. The molecule has 306 valence electrons. The molecule has 2 amide bonds. The molecule has 13 nitrogen and oxygen atoms in total. The largest absolute Gasteiger partial charge is 0.493 e. The predicted octanol–water partition coefficient (Wildman–Crippen LogP) is 4.86. The highest BCUT2D eigenvalue weighted by molar-refractivity contribution is 6.05. The van der Waals surface area contributed by atoms with Crippen LogP contribution in [0.4, 0.5) is 0 Å². The van der Waals surface area contributed by atoms with E-state index in [9.17, 15) is 29.7 Å². The molecule has 0 aromatic heterocycles. The van der Waals surface area contributed by atoms with Crippen LogP contribution in [0.25, 0.3) is 6.08 Å². The molecular formula is C44H55N3O10. The molecule has 2 aromatic rings. The minimum absolute atomic E-state index is 0.00600. The summed E-state index contributed by atoms with van der Waals surface area (Å²) < 4.78 is 21.6. The van der Waals surface area contributed by atoms with Gasteiger partial charge < -0.3 is 39.6 Å². The maximum absolute atomic E-state index is 14.1. The number of nitrogens with zero attached hydrogens (tertiary/aromatic N) is 1. The Morgan fingerprint density at radius 3 is 2.28 bits per heavy atom. The maximum atomic E-state index is 14.1. The molecule has 4 saturated carbocycles. The molecule has 0 saturated heterocycles. The van der Waals surface area contributed by atoms with Crippen LogP contribution in [-0.4, -0.2) is 84.6 Å². The van der Waals surface area contributed by atoms with Crippen molar-refractivity contribution in [3.05, 3.63) is 70.4 Å². The fourth-order valence-electron chi connectivity index (χ4n) is 11.2. The van der Waals surface area contributed by atoms with Gasteiger partial charge in [-0.05, 0) is 110 Å². The predicted molar refractivity (Wildman–Crippen MR) is 212 cm³/mol. The highest BCUT2D eigenvalue weighted by Crippen LogP contribution is 2.70. The number of carbonyl (C=O) groups excluding carboxylic acids is 3. The van der Waals surface area contributed by atoms with Crippen LogP contribution < -0.4 is 25.0 Å². The summed E-state index contributed by atoms with van der Waals surface area (Å²) in [7, 11) is 4.36. The van der Waals surface area contributed by atoms with Crippen molar-refractivity contribution in [1.82, 2.24) is 10.7 Å². The number of cyclic esters (lactones) is 1. The van der Waals surface area contributed by atoms with Gasteiger partial charge in [0.1, 0.15) is 12.3 Å². The van der Waals surface area contributed by atoms with Gasteiger partial charge in [-0.3, -0.25) is 9.59 Å². The number of hydrazone groups is 1. The first-order valence-corrected chi connectivity index (χ1v) is 20.0. The fraction of sp³-hybridized carbons (Fsp3) is 0.545. The van der Waals surface area contributed by atoms with Crippen LogP contribution in [0.5, 0.6) is 17.2 Å². The molecule has 0 bridgehead atoms. The molecule has 13 heteroatoms. The Hall–Kier alpha value is -4.72. The highest BCUT2D eigenvalue weighted by Gasteiger charge is 2.71. The van der Waals surface area contributed by atoms with E-state index in [0.29, 0.717) is 56.3 Å². The average molecular weight is 786 g/mol. The van der Waals surface area contributed by atoms with E-state index in [0.717, 1.165) is 24.0 Å². The van der Waals surface area contributed by atoms with Crippen LogP contribution in [0.3, 0.4) is 0 Å². The fourth-order valence-corrected chi connectivity index (χ4v) is 11.2. The highest BCUT2D eigenvalue weighted by atomic mass is 16.5. The number of aryl methyl sites for hydroxylation is 1. The molecule has 0 radical (unpaired) electrons. The first-order chi connectivity index (χ1) is 27.2. The Morgan fingerprint density at radius 2 is 1.65 bits per heavy atom. The molecule has 8 atom stereocenters. The zero-order valence-corrected chi connectivity index (χ0v) is 33.4. The maximum Gasteiger partial charge on any atom is 0.331 e. The number of fused-ring (bicyclic) bond motifs is 5. The number of rotatable bonds is 11. The van der Waals surface area contributed by atoms with Gasteiger partial charge in [0.05, 0.1) is 38.6 Å². The van der Waals surface area contributed by atoms with E-state index in [4.69, 9.17) is 18.9 Å². The lowest BCUT2D eigenvalue weighted by atomic mass is 9.41. The third-order valence-electron chi connectivity index (χ3n) is 14.2. The first kappa shape index (κ1) is 40.5. The number of ether oxygens (including phenoxy) is 4. The third kappa shape index (κ3) is 6.91. The number of carbonyl (C=O) groups is 3. The Labute approximate surface area is 333 Å². The second kappa shape index (κ2) is 15.6. The number of amides is 2. The molecule has 5 aliphatic rings. The number of aliphatic hydroxyl groups excluding tert-OH is 1. The molecule has 0 unspecified atom stereocenters. The molecule has 1 aliphatic heterocycles. The number of aliphatic hydroxyl groups is 3. The topological polar surface area (TPSA) is 185 Å². The molecule has 57 heavy (non-hydrogen) atoms. The summed E-state index contributed by atoms with van der Waals surface area (Å²) >= 11 is 0. The first-order valence-electron chi connectivity index (χ1n) is 20.0. The normalized spacial score (nSPS) is 33.4. The summed E-state index contributed by atoms with van der Waals surface area (Å²) in [6.07, 6.45) is 9.50. The van der Waals surface area contributed by atoms with Gasteiger partial charge in [-0.1, -0.05) is 38.1 Å². The summed E-state index contributed by atoms with van der Waals surface area (Å²) in [6.45, 7) is 4.43. The van der Waals surface area contributed by atoms with Gasteiger partial charge in [0.2, 0.25) is 5.75 Å². The van der Waals surface area contributed by atoms with Crippen molar-refractivity contribution < 1.29 is 48.7 Å². The van der Waals surface area contributed by atoms with Crippen molar-refractivity contribution in [3.8, 4) is 17.2 Å². The standard InChI is InChI=1S/C44H55N3O10/c1-6-26-7-9-27(10-8-26)19-34(46-39(50)28-20-35(54-3)38(56-5)36(21-28)55-4)40(51)47-45-25-42-16-11-30(48)23-43(42,52)17-13-33-32(42)12-15-41(2)31(14-18-44(33,41)53)29-22-37(49)57-24-29/h7-10,19-22,25,30-33,48,52-53H,6,11-18,23-24H2,1-5H3,(H,46,50)(H,47,51)/b34-19+,45-25-/t30-,31-,32+,33-,41-,42+,43-,44-/m1/s1. The summed E-state index contributed by atoms with van der Waals surface area (Å²) in [5.41, 5.74) is 1.62. The second-order valence-corrected chi connectivity index (χ2v) is 16.7. The summed E-state index contributed by atoms with van der Waals surface area (Å²) in [5.74, 6) is -1.15. The van der Waals surface area contributed by atoms with Gasteiger partial charge in [0.25, 0.3) is 11.8 Å². The minimum Gasteiger partial charge on any atom is -0.493 e. The molecule has 0 spiro atoms. The van der Waals surface area contributed by atoms with E-state index in [-0.39, 0.29) is 59.5 Å². The van der Waals surface area contributed by atoms with Crippen molar-refractivity contribution in [3.63, 3.8) is 0 Å². The van der Waals surface area contributed by atoms with Gasteiger partial charge in [-0.25, -0.2) is 10.2 Å². The number of nitrogens with one attached hydrogen (secondary N) is 2. The summed E-state index contributed by atoms with van der Waals surface area (Å²) in [5, 5.41) is 43.4. The summed E-state index contributed by atoms with van der Waals surface area (Å²) in [6, 6.07) is 10.6. The van der Waals surface area contributed by atoms with Crippen molar-refractivity contribution in [1.29, 1.82) is 0 Å². The Bertz CT molecular complexity index is 1970. The molecule has 4 fully saturated rings. The SMILES string of the molecule is CCc1ccc(/C=C(/NC(=O)c2cc(OC)c(OC)c(OC)c2)C(=O)N/N=C\[C@]23CC[C@@H](O)C[C@]2(O)CC[C@@H]2[C@@H]3CC[C@]3(C)[C@@H](C4=CC(=O)OC4)CC[C@@]23O)cc1. The van der Waals surface area contributed by atoms with E-state index in [2.05, 4.69) is 22.8 Å². The smallest absolute Gasteiger partial charge is 0.331 e. The van der Waals surface area contributed by atoms with Crippen LogP contribution in [-0.2, 0) is 20.7 Å². The van der Waals surface area contributed by atoms with E-state index >= 15 is 0 Å². The Kier molecular flexibility index (Phi) is 11.0. The number of benzene rings is 2. The van der Waals surface area contributed by atoms with Gasteiger partial charge in [-0.2, -0.15) is 5.10 Å². The lowest BCUT2D eigenvalue weighted by Crippen LogP contribution is -2.68.